The lowest BCUT2D eigenvalue weighted by Gasteiger charge is -2.14. The summed E-state index contributed by atoms with van der Waals surface area (Å²) < 4.78 is 8.05. The van der Waals surface area contributed by atoms with Gasteiger partial charge in [-0.1, -0.05) is 13.8 Å². The van der Waals surface area contributed by atoms with Gasteiger partial charge in [-0.05, 0) is 37.3 Å². The van der Waals surface area contributed by atoms with E-state index in [1.54, 1.807) is 6.33 Å². The molecule has 1 unspecified atom stereocenters. The van der Waals surface area contributed by atoms with Crippen molar-refractivity contribution in [1.29, 1.82) is 0 Å². The quantitative estimate of drug-likeness (QED) is 0.793. The van der Waals surface area contributed by atoms with Gasteiger partial charge in [-0.3, -0.25) is 4.57 Å². The van der Waals surface area contributed by atoms with Crippen molar-refractivity contribution in [1.82, 2.24) is 19.5 Å². The molecule has 3 atom stereocenters. The highest BCUT2D eigenvalue weighted by atomic mass is 35.5. The number of aryl methyl sites for hydroxylation is 1. The average molecular weight is 281 g/mol. The van der Waals surface area contributed by atoms with Gasteiger partial charge in [-0.25, -0.2) is 9.97 Å². The summed E-state index contributed by atoms with van der Waals surface area (Å²) in [6, 6.07) is 0. The lowest BCUT2D eigenvalue weighted by molar-refractivity contribution is -0.00304. The van der Waals surface area contributed by atoms with Crippen LogP contribution in [-0.2, 0) is 4.74 Å². The molecule has 1 fully saturated rings. The lowest BCUT2D eigenvalue weighted by Crippen LogP contribution is -2.12. The fourth-order valence-corrected chi connectivity index (χ4v) is 2.98. The molecule has 1 saturated heterocycles. The second-order valence-corrected chi connectivity index (χ2v) is 5.49. The molecular weight excluding hydrogens is 264 g/mol. The zero-order valence-corrected chi connectivity index (χ0v) is 12.1. The minimum Gasteiger partial charge on any atom is -0.354 e. The van der Waals surface area contributed by atoms with Gasteiger partial charge in [0.25, 0.3) is 0 Å². The maximum absolute atomic E-state index is 6.07. The third kappa shape index (κ3) is 2.11. The standard InChI is InChI=1S/C13H17ClN4O/c1-4-9-7(2)5-10(19-9)18-6-15-11-8(3)16-13(14)17-12(11)18/h6-7,9-10H,4-5H2,1-3H3/t7?,9-,10-/m1/s1. The fraction of sp³-hybridized carbons (Fsp3) is 0.615. The summed E-state index contributed by atoms with van der Waals surface area (Å²) >= 11 is 5.94. The molecule has 0 N–H and O–H groups in total. The van der Waals surface area contributed by atoms with Crippen molar-refractivity contribution >= 4 is 22.8 Å². The van der Waals surface area contributed by atoms with E-state index >= 15 is 0 Å². The van der Waals surface area contributed by atoms with Crippen molar-refractivity contribution in [3.63, 3.8) is 0 Å². The molecule has 0 aromatic carbocycles. The topological polar surface area (TPSA) is 52.8 Å². The van der Waals surface area contributed by atoms with E-state index in [0.29, 0.717) is 12.0 Å². The number of aromatic nitrogens is 4. The molecule has 0 amide bonds. The van der Waals surface area contributed by atoms with Crippen molar-refractivity contribution in [3.8, 4) is 0 Å². The number of rotatable bonds is 2. The molecule has 5 nitrogen and oxygen atoms in total. The monoisotopic (exact) mass is 280 g/mol. The molecule has 0 saturated carbocycles. The predicted octanol–water partition coefficient (Wildman–Crippen LogP) is 3.12. The molecule has 0 bridgehead atoms. The van der Waals surface area contributed by atoms with E-state index in [1.165, 1.54) is 0 Å². The van der Waals surface area contributed by atoms with Crippen LogP contribution in [0.5, 0.6) is 0 Å². The van der Waals surface area contributed by atoms with Gasteiger partial charge in [0.05, 0.1) is 18.1 Å². The first kappa shape index (κ1) is 12.8. The van der Waals surface area contributed by atoms with Gasteiger partial charge in [0.2, 0.25) is 5.28 Å². The molecule has 2 aromatic rings. The Labute approximate surface area is 117 Å². The smallest absolute Gasteiger partial charge is 0.224 e. The third-order valence-corrected chi connectivity index (χ3v) is 3.99. The van der Waals surface area contributed by atoms with Crippen molar-refractivity contribution in [3.05, 3.63) is 17.3 Å². The minimum atomic E-state index is -0.00434. The molecule has 3 heterocycles. The van der Waals surface area contributed by atoms with E-state index in [-0.39, 0.29) is 11.5 Å². The van der Waals surface area contributed by atoms with E-state index in [0.717, 1.165) is 29.7 Å². The van der Waals surface area contributed by atoms with Crippen LogP contribution >= 0.6 is 11.6 Å². The van der Waals surface area contributed by atoms with Gasteiger partial charge in [-0.2, -0.15) is 4.98 Å². The van der Waals surface area contributed by atoms with Crippen LogP contribution in [-0.4, -0.2) is 25.6 Å². The normalized spacial score (nSPS) is 27.3. The summed E-state index contributed by atoms with van der Waals surface area (Å²) in [7, 11) is 0. The predicted molar refractivity (Wildman–Crippen MR) is 73.1 cm³/mol. The summed E-state index contributed by atoms with van der Waals surface area (Å²) in [4.78, 5) is 12.8. The molecule has 0 aliphatic carbocycles. The minimum absolute atomic E-state index is 0.00434. The molecule has 0 spiro atoms. The van der Waals surface area contributed by atoms with Crippen LogP contribution < -0.4 is 0 Å². The van der Waals surface area contributed by atoms with Crippen LogP contribution in [0.15, 0.2) is 6.33 Å². The number of halogens is 1. The average Bonchev–Trinajstić information content (AvgIpc) is 2.92. The van der Waals surface area contributed by atoms with Crippen molar-refractivity contribution in [2.75, 3.05) is 0 Å². The van der Waals surface area contributed by atoms with Gasteiger partial charge in [0.1, 0.15) is 11.7 Å². The van der Waals surface area contributed by atoms with Crippen molar-refractivity contribution in [2.45, 2.75) is 45.9 Å². The first-order valence-corrected chi connectivity index (χ1v) is 7.00. The molecular formula is C13H17ClN4O. The van der Waals surface area contributed by atoms with Crippen LogP contribution in [0.1, 0.15) is 38.6 Å². The summed E-state index contributed by atoms with van der Waals surface area (Å²) in [5, 5.41) is 0.254. The summed E-state index contributed by atoms with van der Waals surface area (Å²) in [6.07, 6.45) is 4.08. The van der Waals surface area contributed by atoms with Gasteiger partial charge in [-0.15, -0.1) is 0 Å². The van der Waals surface area contributed by atoms with Crippen LogP contribution in [0.4, 0.5) is 0 Å². The first-order valence-electron chi connectivity index (χ1n) is 6.62. The third-order valence-electron chi connectivity index (χ3n) is 3.82. The second-order valence-electron chi connectivity index (χ2n) is 5.15. The van der Waals surface area contributed by atoms with Crippen molar-refractivity contribution < 1.29 is 4.74 Å². The fourth-order valence-electron chi connectivity index (χ4n) is 2.77. The molecule has 102 valence electrons. The SMILES string of the molecule is CC[C@H]1O[C@@H](n2cnc3c(C)nc(Cl)nc32)CC1C. The molecule has 6 heteroatoms. The van der Waals surface area contributed by atoms with Gasteiger partial charge in [0, 0.05) is 0 Å². The van der Waals surface area contributed by atoms with E-state index in [1.807, 2.05) is 11.5 Å². The molecule has 19 heavy (non-hydrogen) atoms. The van der Waals surface area contributed by atoms with Crippen molar-refractivity contribution in [2.24, 2.45) is 5.92 Å². The van der Waals surface area contributed by atoms with E-state index in [2.05, 4.69) is 28.8 Å². The number of hydrogen-bond acceptors (Lipinski definition) is 4. The highest BCUT2D eigenvalue weighted by molar-refractivity contribution is 6.28. The Morgan fingerprint density at radius 3 is 2.95 bits per heavy atom. The zero-order chi connectivity index (χ0) is 13.6. The number of imidazole rings is 1. The summed E-state index contributed by atoms with van der Waals surface area (Å²) in [6.45, 7) is 6.26. The van der Waals surface area contributed by atoms with Crippen LogP contribution in [0, 0.1) is 12.8 Å². The summed E-state index contributed by atoms with van der Waals surface area (Å²) in [5.74, 6) is 0.547. The van der Waals surface area contributed by atoms with Crippen LogP contribution in [0.3, 0.4) is 0 Å². The molecule has 2 aromatic heterocycles. The van der Waals surface area contributed by atoms with Crippen LogP contribution in [0.25, 0.3) is 11.2 Å². The highest BCUT2D eigenvalue weighted by Gasteiger charge is 2.33. The maximum Gasteiger partial charge on any atom is 0.224 e. The van der Waals surface area contributed by atoms with Gasteiger partial charge in [0.15, 0.2) is 5.65 Å². The number of nitrogens with zero attached hydrogens (tertiary/aromatic N) is 4. The summed E-state index contributed by atoms with van der Waals surface area (Å²) in [5.41, 5.74) is 2.35. The Kier molecular flexibility index (Phi) is 3.19. The van der Waals surface area contributed by atoms with Gasteiger partial charge >= 0.3 is 0 Å². The van der Waals surface area contributed by atoms with E-state index < -0.39 is 0 Å². The van der Waals surface area contributed by atoms with Crippen LogP contribution in [0.2, 0.25) is 5.28 Å². The maximum atomic E-state index is 6.07. The molecule has 0 radical (unpaired) electrons. The molecule has 1 aliphatic rings. The second kappa shape index (κ2) is 4.72. The number of fused-ring (bicyclic) bond motifs is 1. The Morgan fingerprint density at radius 2 is 2.26 bits per heavy atom. The highest BCUT2D eigenvalue weighted by Crippen LogP contribution is 2.36. The van der Waals surface area contributed by atoms with Gasteiger partial charge < -0.3 is 4.74 Å². The Balaban J connectivity index is 2.02. The molecule has 1 aliphatic heterocycles. The van der Waals surface area contributed by atoms with E-state index in [4.69, 9.17) is 16.3 Å². The zero-order valence-electron chi connectivity index (χ0n) is 11.3. The Hall–Kier alpha value is -1.20. The first-order chi connectivity index (χ1) is 9.10. The largest absolute Gasteiger partial charge is 0.354 e. The lowest BCUT2D eigenvalue weighted by atomic mass is 10.0. The Morgan fingerprint density at radius 1 is 1.47 bits per heavy atom. The number of ether oxygens (including phenoxy) is 1. The number of hydrogen-bond donors (Lipinski definition) is 0. The van der Waals surface area contributed by atoms with E-state index in [9.17, 15) is 0 Å². The molecule has 3 rings (SSSR count). The Bertz CT molecular complexity index is 612.